The number of rotatable bonds is 8. The van der Waals surface area contributed by atoms with Crippen LogP contribution in [0.4, 0.5) is 0 Å². The van der Waals surface area contributed by atoms with E-state index in [2.05, 4.69) is 55.6 Å². The van der Waals surface area contributed by atoms with Gasteiger partial charge in [-0.1, -0.05) is 18.2 Å². The van der Waals surface area contributed by atoms with E-state index in [0.717, 1.165) is 53.5 Å². The molecule has 0 N–H and O–H groups in total. The maximum absolute atomic E-state index is 13.1. The SMILES string of the molecule is COc1ccc(CN(C)C(=O)c2ccc(C3CCN(Cc4cc5c(Br)ccnc5n4C)CC3)cc2)cc1OC. The van der Waals surface area contributed by atoms with Gasteiger partial charge in [0, 0.05) is 54.5 Å². The van der Waals surface area contributed by atoms with E-state index in [1.165, 1.54) is 11.3 Å². The number of carbonyl (C=O) groups is 1. The Labute approximate surface area is 238 Å². The average Bonchev–Trinajstić information content (AvgIpc) is 3.29. The first-order chi connectivity index (χ1) is 18.9. The molecule has 0 atom stereocenters. The zero-order chi connectivity index (χ0) is 27.5. The van der Waals surface area contributed by atoms with E-state index in [0.29, 0.717) is 29.5 Å². The molecule has 8 heteroatoms. The van der Waals surface area contributed by atoms with Crippen molar-refractivity contribution >= 4 is 32.9 Å². The summed E-state index contributed by atoms with van der Waals surface area (Å²) in [6.45, 7) is 3.51. The van der Waals surface area contributed by atoms with Crippen LogP contribution < -0.4 is 9.47 Å². The minimum absolute atomic E-state index is 0.00207. The molecular formula is C31H35BrN4O3. The van der Waals surface area contributed by atoms with E-state index in [4.69, 9.17) is 9.47 Å². The number of aryl methyl sites for hydroxylation is 1. The standard InChI is InChI=1S/C31H35BrN4O3/c1-34(19-21-5-10-28(38-3)29(17-21)39-4)31(37)24-8-6-22(7-9-24)23-12-15-36(16-13-23)20-25-18-26-27(32)11-14-33-30(26)35(25)2/h5-11,14,17-18,23H,12-13,15-16,19-20H2,1-4H3. The van der Waals surface area contributed by atoms with Gasteiger partial charge in [0.05, 0.1) is 14.2 Å². The number of nitrogens with zero attached hydrogens (tertiary/aromatic N) is 4. The van der Waals surface area contributed by atoms with Gasteiger partial charge in [0.15, 0.2) is 11.5 Å². The molecule has 0 radical (unpaired) electrons. The molecule has 4 aromatic rings. The van der Waals surface area contributed by atoms with Gasteiger partial charge < -0.3 is 18.9 Å². The van der Waals surface area contributed by atoms with Gasteiger partial charge in [-0.05, 0) is 95.3 Å². The van der Waals surface area contributed by atoms with Gasteiger partial charge in [0.25, 0.3) is 5.91 Å². The average molecular weight is 592 g/mol. The molecule has 1 saturated heterocycles. The summed E-state index contributed by atoms with van der Waals surface area (Å²) >= 11 is 3.65. The van der Waals surface area contributed by atoms with Crippen LogP contribution in [0.3, 0.4) is 0 Å². The first kappa shape index (κ1) is 27.2. The number of hydrogen-bond donors (Lipinski definition) is 0. The molecule has 2 aromatic carbocycles. The fourth-order valence-electron chi connectivity index (χ4n) is 5.49. The molecule has 1 aliphatic heterocycles. The highest BCUT2D eigenvalue weighted by atomic mass is 79.9. The maximum Gasteiger partial charge on any atom is 0.253 e. The van der Waals surface area contributed by atoms with E-state index in [-0.39, 0.29) is 5.91 Å². The molecule has 1 fully saturated rings. The van der Waals surface area contributed by atoms with E-state index in [1.807, 2.05) is 49.6 Å². The van der Waals surface area contributed by atoms with Crippen molar-refractivity contribution in [2.75, 3.05) is 34.4 Å². The molecule has 0 spiro atoms. The third kappa shape index (κ3) is 5.82. The van der Waals surface area contributed by atoms with Crippen molar-refractivity contribution in [1.29, 1.82) is 0 Å². The van der Waals surface area contributed by atoms with Crippen molar-refractivity contribution < 1.29 is 14.3 Å². The van der Waals surface area contributed by atoms with Gasteiger partial charge >= 0.3 is 0 Å². The molecular weight excluding hydrogens is 556 g/mol. The number of hydrogen-bond acceptors (Lipinski definition) is 5. The molecule has 0 unspecified atom stereocenters. The second kappa shape index (κ2) is 11.8. The van der Waals surface area contributed by atoms with Gasteiger partial charge in [-0.3, -0.25) is 9.69 Å². The summed E-state index contributed by atoms with van der Waals surface area (Å²) < 4.78 is 14.0. The molecule has 204 valence electrons. The second-order valence-corrected chi connectivity index (χ2v) is 11.1. The molecule has 0 saturated carbocycles. The Bertz CT molecular complexity index is 1460. The lowest BCUT2D eigenvalue weighted by Gasteiger charge is -2.32. The molecule has 5 rings (SSSR count). The van der Waals surface area contributed by atoms with E-state index >= 15 is 0 Å². The number of pyridine rings is 1. The predicted molar refractivity (Wildman–Crippen MR) is 157 cm³/mol. The van der Waals surface area contributed by atoms with Gasteiger partial charge in [-0.15, -0.1) is 0 Å². The van der Waals surface area contributed by atoms with Crippen molar-refractivity contribution in [3.63, 3.8) is 0 Å². The monoisotopic (exact) mass is 590 g/mol. The van der Waals surface area contributed by atoms with Crippen molar-refractivity contribution in [2.45, 2.75) is 31.8 Å². The Morgan fingerprint density at radius 2 is 1.74 bits per heavy atom. The smallest absolute Gasteiger partial charge is 0.253 e. The van der Waals surface area contributed by atoms with Crippen LogP contribution >= 0.6 is 15.9 Å². The molecule has 39 heavy (non-hydrogen) atoms. The van der Waals surface area contributed by atoms with Crippen LogP contribution in [0.1, 0.15) is 45.9 Å². The van der Waals surface area contributed by atoms with Crippen LogP contribution in [0.5, 0.6) is 11.5 Å². The van der Waals surface area contributed by atoms with Crippen molar-refractivity contribution in [2.24, 2.45) is 7.05 Å². The third-order valence-electron chi connectivity index (χ3n) is 7.79. The minimum Gasteiger partial charge on any atom is -0.493 e. The first-order valence-corrected chi connectivity index (χ1v) is 14.0. The summed E-state index contributed by atoms with van der Waals surface area (Å²) in [4.78, 5) is 21.9. The lowest BCUT2D eigenvalue weighted by molar-refractivity contribution is 0.0785. The summed E-state index contributed by atoms with van der Waals surface area (Å²) in [5, 5.41) is 1.16. The van der Waals surface area contributed by atoms with Crippen LogP contribution in [0.15, 0.2) is 65.3 Å². The number of piperidine rings is 1. The Kier molecular flexibility index (Phi) is 8.23. The maximum atomic E-state index is 13.1. The number of likely N-dealkylation sites (tertiary alicyclic amines) is 1. The largest absolute Gasteiger partial charge is 0.493 e. The quantitative estimate of drug-likeness (QED) is 0.252. The van der Waals surface area contributed by atoms with Gasteiger partial charge in [-0.25, -0.2) is 4.98 Å². The Morgan fingerprint density at radius 1 is 1.03 bits per heavy atom. The van der Waals surface area contributed by atoms with Crippen LogP contribution in [0, 0.1) is 0 Å². The minimum atomic E-state index is 0.00207. The number of aromatic nitrogens is 2. The number of halogens is 1. The predicted octanol–water partition coefficient (Wildman–Crippen LogP) is 6.00. The normalized spacial score (nSPS) is 14.5. The number of fused-ring (bicyclic) bond motifs is 1. The fourth-order valence-corrected chi connectivity index (χ4v) is 5.90. The van der Waals surface area contributed by atoms with Crippen LogP contribution in [-0.2, 0) is 20.1 Å². The molecule has 2 aromatic heterocycles. The van der Waals surface area contributed by atoms with Crippen LogP contribution in [-0.4, -0.2) is 59.6 Å². The number of ether oxygens (including phenoxy) is 2. The highest BCUT2D eigenvalue weighted by molar-refractivity contribution is 9.10. The number of amides is 1. The zero-order valence-corrected chi connectivity index (χ0v) is 24.6. The number of methoxy groups -OCH3 is 2. The van der Waals surface area contributed by atoms with Crippen LogP contribution in [0.2, 0.25) is 0 Å². The first-order valence-electron chi connectivity index (χ1n) is 13.3. The van der Waals surface area contributed by atoms with E-state index in [9.17, 15) is 4.79 Å². The van der Waals surface area contributed by atoms with Gasteiger partial charge in [0.2, 0.25) is 0 Å². The molecule has 7 nitrogen and oxygen atoms in total. The Balaban J connectivity index is 1.17. The molecule has 0 bridgehead atoms. The van der Waals surface area contributed by atoms with Gasteiger partial charge in [0.1, 0.15) is 5.65 Å². The third-order valence-corrected chi connectivity index (χ3v) is 8.48. The van der Waals surface area contributed by atoms with E-state index < -0.39 is 0 Å². The van der Waals surface area contributed by atoms with Gasteiger partial charge in [-0.2, -0.15) is 0 Å². The molecule has 1 amide bonds. The Morgan fingerprint density at radius 3 is 2.41 bits per heavy atom. The fraction of sp³-hybridized carbons (Fsp3) is 0.355. The second-order valence-electron chi connectivity index (χ2n) is 10.2. The highest BCUT2D eigenvalue weighted by Gasteiger charge is 2.23. The summed E-state index contributed by atoms with van der Waals surface area (Å²) in [5.41, 5.74) is 5.29. The topological polar surface area (TPSA) is 59.8 Å². The van der Waals surface area contributed by atoms with E-state index in [1.54, 1.807) is 19.1 Å². The molecule has 1 aliphatic rings. The lowest BCUT2D eigenvalue weighted by atomic mass is 9.89. The van der Waals surface area contributed by atoms with Crippen molar-refractivity contribution in [1.82, 2.24) is 19.4 Å². The number of benzene rings is 2. The summed E-state index contributed by atoms with van der Waals surface area (Å²) in [5.74, 6) is 1.85. The van der Waals surface area contributed by atoms with Crippen molar-refractivity contribution in [3.8, 4) is 11.5 Å². The lowest BCUT2D eigenvalue weighted by Crippen LogP contribution is -2.33. The Hall–Kier alpha value is -3.36. The van der Waals surface area contributed by atoms with Crippen LogP contribution in [0.25, 0.3) is 11.0 Å². The summed E-state index contributed by atoms with van der Waals surface area (Å²) in [6, 6.07) is 18.2. The molecule has 3 heterocycles. The summed E-state index contributed by atoms with van der Waals surface area (Å²) in [7, 11) is 7.15. The molecule has 0 aliphatic carbocycles. The number of carbonyl (C=O) groups excluding carboxylic acids is 1. The highest BCUT2D eigenvalue weighted by Crippen LogP contribution is 2.31. The zero-order valence-electron chi connectivity index (χ0n) is 23.0. The van der Waals surface area contributed by atoms with Crippen molar-refractivity contribution in [3.05, 3.63) is 87.7 Å². The summed E-state index contributed by atoms with van der Waals surface area (Å²) in [6.07, 6.45) is 4.06.